The normalized spacial score (nSPS) is 19.9. The van der Waals surface area contributed by atoms with E-state index in [2.05, 4.69) is 24.3 Å². The zero-order valence-corrected chi connectivity index (χ0v) is 10.9. The molecule has 0 aromatic heterocycles. The molecule has 0 saturated carbocycles. The van der Waals surface area contributed by atoms with Crippen LogP contribution in [0, 0.1) is 0 Å². The van der Waals surface area contributed by atoms with Gasteiger partial charge in [-0.25, -0.2) is 0 Å². The number of hydrogen-bond donors (Lipinski definition) is 1. The molecule has 2 rings (SSSR count). The van der Waals surface area contributed by atoms with Crippen LogP contribution in [0.3, 0.4) is 0 Å². The van der Waals surface area contributed by atoms with Crippen molar-refractivity contribution in [3.8, 4) is 0 Å². The van der Waals surface area contributed by atoms with Crippen molar-refractivity contribution >= 4 is 0 Å². The standard InChI is InChI=1S/C15H23NO2/c16-10-8-13-4-6-14(7-5-13)9-12-18-15-3-1-2-11-17-15/h4-7,15H,1-3,8-12,16H2. The van der Waals surface area contributed by atoms with Crippen LogP contribution in [-0.4, -0.2) is 26.0 Å². The molecular formula is C15H23NO2. The minimum atomic E-state index is 0.0234. The van der Waals surface area contributed by atoms with Gasteiger partial charge >= 0.3 is 0 Å². The summed E-state index contributed by atoms with van der Waals surface area (Å²) in [5, 5.41) is 0. The van der Waals surface area contributed by atoms with E-state index in [4.69, 9.17) is 15.2 Å². The predicted molar refractivity (Wildman–Crippen MR) is 72.4 cm³/mol. The molecule has 0 amide bonds. The average molecular weight is 249 g/mol. The fourth-order valence-corrected chi connectivity index (χ4v) is 2.19. The number of benzene rings is 1. The first kappa shape index (κ1) is 13.5. The van der Waals surface area contributed by atoms with E-state index in [1.54, 1.807) is 0 Å². The molecule has 0 bridgehead atoms. The largest absolute Gasteiger partial charge is 0.353 e. The van der Waals surface area contributed by atoms with Crippen LogP contribution in [0.2, 0.25) is 0 Å². The van der Waals surface area contributed by atoms with Crippen LogP contribution < -0.4 is 5.73 Å². The third kappa shape index (κ3) is 4.41. The monoisotopic (exact) mass is 249 g/mol. The van der Waals surface area contributed by atoms with Crippen LogP contribution >= 0.6 is 0 Å². The first-order valence-corrected chi connectivity index (χ1v) is 6.89. The molecule has 100 valence electrons. The van der Waals surface area contributed by atoms with Crippen LogP contribution in [0.25, 0.3) is 0 Å². The van der Waals surface area contributed by atoms with Gasteiger partial charge in [0, 0.05) is 6.61 Å². The first-order valence-electron chi connectivity index (χ1n) is 6.89. The Bertz CT molecular complexity index is 331. The van der Waals surface area contributed by atoms with Crippen molar-refractivity contribution in [3.63, 3.8) is 0 Å². The maximum absolute atomic E-state index is 5.72. The van der Waals surface area contributed by atoms with Gasteiger partial charge in [0.05, 0.1) is 6.61 Å². The molecule has 1 fully saturated rings. The number of nitrogens with two attached hydrogens (primary N) is 1. The summed E-state index contributed by atoms with van der Waals surface area (Å²) < 4.78 is 11.3. The molecule has 3 nitrogen and oxygen atoms in total. The SMILES string of the molecule is NCCc1ccc(CCOC2CCCCO2)cc1. The van der Waals surface area contributed by atoms with Gasteiger partial charge in [-0.2, -0.15) is 0 Å². The summed E-state index contributed by atoms with van der Waals surface area (Å²) in [6, 6.07) is 8.63. The van der Waals surface area contributed by atoms with Gasteiger partial charge in [0.2, 0.25) is 0 Å². The molecule has 1 aliphatic rings. The summed E-state index contributed by atoms with van der Waals surface area (Å²) in [6.45, 7) is 2.29. The molecule has 1 aliphatic heterocycles. The minimum absolute atomic E-state index is 0.0234. The minimum Gasteiger partial charge on any atom is -0.353 e. The molecule has 3 heteroatoms. The summed E-state index contributed by atoms with van der Waals surface area (Å²) in [5.41, 5.74) is 8.14. The van der Waals surface area contributed by atoms with Crippen LogP contribution in [-0.2, 0) is 22.3 Å². The Morgan fingerprint density at radius 1 is 1.11 bits per heavy atom. The summed E-state index contributed by atoms with van der Waals surface area (Å²) in [5.74, 6) is 0. The van der Waals surface area contributed by atoms with E-state index in [0.29, 0.717) is 6.54 Å². The zero-order valence-electron chi connectivity index (χ0n) is 10.9. The van der Waals surface area contributed by atoms with Crippen LogP contribution in [0.4, 0.5) is 0 Å². The Morgan fingerprint density at radius 2 is 1.83 bits per heavy atom. The molecule has 1 heterocycles. The summed E-state index contributed by atoms with van der Waals surface area (Å²) >= 11 is 0. The molecule has 1 saturated heterocycles. The fraction of sp³-hybridized carbons (Fsp3) is 0.600. The highest BCUT2D eigenvalue weighted by Crippen LogP contribution is 2.14. The van der Waals surface area contributed by atoms with Gasteiger partial charge < -0.3 is 15.2 Å². The van der Waals surface area contributed by atoms with Gasteiger partial charge in [-0.05, 0) is 49.8 Å². The molecule has 0 aliphatic carbocycles. The van der Waals surface area contributed by atoms with E-state index < -0.39 is 0 Å². The summed E-state index contributed by atoms with van der Waals surface area (Å²) in [4.78, 5) is 0. The fourth-order valence-electron chi connectivity index (χ4n) is 2.19. The van der Waals surface area contributed by atoms with E-state index in [1.165, 1.54) is 24.0 Å². The van der Waals surface area contributed by atoms with Gasteiger partial charge in [0.1, 0.15) is 0 Å². The van der Waals surface area contributed by atoms with E-state index in [0.717, 1.165) is 32.5 Å². The van der Waals surface area contributed by atoms with Crippen LogP contribution in [0.15, 0.2) is 24.3 Å². The van der Waals surface area contributed by atoms with Crippen molar-refractivity contribution < 1.29 is 9.47 Å². The van der Waals surface area contributed by atoms with E-state index in [-0.39, 0.29) is 6.29 Å². The second kappa shape index (κ2) is 7.52. The number of ether oxygens (including phenoxy) is 2. The lowest BCUT2D eigenvalue weighted by atomic mass is 10.1. The molecule has 1 atom stereocenters. The van der Waals surface area contributed by atoms with Crippen molar-refractivity contribution in [3.05, 3.63) is 35.4 Å². The second-order valence-electron chi connectivity index (χ2n) is 4.77. The van der Waals surface area contributed by atoms with E-state index >= 15 is 0 Å². The van der Waals surface area contributed by atoms with Gasteiger partial charge in [0.15, 0.2) is 6.29 Å². The van der Waals surface area contributed by atoms with Crippen molar-refractivity contribution in [2.45, 2.75) is 38.4 Å². The maximum Gasteiger partial charge on any atom is 0.157 e. The van der Waals surface area contributed by atoms with Gasteiger partial charge in [0.25, 0.3) is 0 Å². The number of rotatable bonds is 6. The third-order valence-electron chi connectivity index (χ3n) is 3.29. The average Bonchev–Trinajstić information content (AvgIpc) is 2.42. The Morgan fingerprint density at radius 3 is 2.44 bits per heavy atom. The molecule has 1 aromatic carbocycles. The predicted octanol–water partition coefficient (Wildman–Crippen LogP) is 2.27. The summed E-state index contributed by atoms with van der Waals surface area (Å²) in [7, 11) is 0. The third-order valence-corrected chi connectivity index (χ3v) is 3.29. The maximum atomic E-state index is 5.72. The van der Waals surface area contributed by atoms with Crippen LogP contribution in [0.1, 0.15) is 30.4 Å². The van der Waals surface area contributed by atoms with Crippen LogP contribution in [0.5, 0.6) is 0 Å². The quantitative estimate of drug-likeness (QED) is 0.841. The van der Waals surface area contributed by atoms with Crippen molar-refractivity contribution in [1.29, 1.82) is 0 Å². The summed E-state index contributed by atoms with van der Waals surface area (Å²) in [6.07, 6.45) is 5.35. The number of hydrogen-bond acceptors (Lipinski definition) is 3. The topological polar surface area (TPSA) is 44.5 Å². The van der Waals surface area contributed by atoms with Crippen molar-refractivity contribution in [1.82, 2.24) is 0 Å². The van der Waals surface area contributed by atoms with E-state index in [1.807, 2.05) is 0 Å². The lowest BCUT2D eigenvalue weighted by Gasteiger charge is -2.22. The van der Waals surface area contributed by atoms with Gasteiger partial charge in [-0.15, -0.1) is 0 Å². The van der Waals surface area contributed by atoms with Gasteiger partial charge in [-0.1, -0.05) is 24.3 Å². The van der Waals surface area contributed by atoms with Gasteiger partial charge in [-0.3, -0.25) is 0 Å². The Hall–Kier alpha value is -0.900. The molecular weight excluding hydrogens is 226 g/mol. The highest BCUT2D eigenvalue weighted by Gasteiger charge is 2.13. The molecule has 1 aromatic rings. The Kier molecular flexibility index (Phi) is 5.65. The zero-order chi connectivity index (χ0) is 12.6. The molecule has 1 unspecified atom stereocenters. The van der Waals surface area contributed by atoms with Crippen molar-refractivity contribution in [2.75, 3.05) is 19.8 Å². The smallest absolute Gasteiger partial charge is 0.157 e. The van der Waals surface area contributed by atoms with E-state index in [9.17, 15) is 0 Å². The highest BCUT2D eigenvalue weighted by atomic mass is 16.7. The molecule has 2 N–H and O–H groups in total. The lowest BCUT2D eigenvalue weighted by molar-refractivity contribution is -0.161. The first-order chi connectivity index (χ1) is 8.88. The highest BCUT2D eigenvalue weighted by molar-refractivity contribution is 5.22. The van der Waals surface area contributed by atoms with Crippen molar-refractivity contribution in [2.24, 2.45) is 5.73 Å². The lowest BCUT2D eigenvalue weighted by Crippen LogP contribution is -2.23. The second-order valence-corrected chi connectivity index (χ2v) is 4.77. The molecule has 0 radical (unpaired) electrons. The molecule has 0 spiro atoms. The Balaban J connectivity index is 1.69. The molecule has 18 heavy (non-hydrogen) atoms. The Labute approximate surface area is 109 Å².